The molecule has 4 rings (SSSR count). The molecule has 4 aromatic carbocycles. The smallest absolute Gasteiger partial charge is 0.0461 e. The Morgan fingerprint density at radius 1 is 0.457 bits per heavy atom. The summed E-state index contributed by atoms with van der Waals surface area (Å²) in [7, 11) is 0. The summed E-state index contributed by atoms with van der Waals surface area (Å²) >= 11 is 0. The van der Waals surface area contributed by atoms with Crippen LogP contribution in [0.25, 0.3) is 0 Å². The lowest BCUT2D eigenvalue weighted by Crippen LogP contribution is -2.21. The number of hydrogen-bond acceptors (Lipinski definition) is 2. The highest BCUT2D eigenvalue weighted by Crippen LogP contribution is 2.35. The van der Waals surface area contributed by atoms with Gasteiger partial charge >= 0.3 is 0 Å². The Kier molecular flexibility index (Phi) is 8.26. The summed E-state index contributed by atoms with van der Waals surface area (Å²) in [6.45, 7) is 10.8. The van der Waals surface area contributed by atoms with E-state index >= 15 is 0 Å². The molecule has 0 amide bonds. The van der Waals surface area contributed by atoms with Crippen molar-refractivity contribution in [1.82, 2.24) is 0 Å². The first-order chi connectivity index (χ1) is 17.1. The van der Waals surface area contributed by atoms with Crippen LogP contribution >= 0.6 is 0 Å². The van der Waals surface area contributed by atoms with Crippen LogP contribution in [0.1, 0.15) is 43.0 Å². The standard InChI is InChI=1S/C33H38N2/c1-5-27-12-22-32(23-13-27)35(31-18-8-26(4)9-19-31)33-24-16-29(17-25-33)11-10-28-14-20-30(21-15-28)34(6-2)7-3/h8-9,12-25H,5-7,10-11H2,1-4H3. The van der Waals surface area contributed by atoms with Crippen molar-refractivity contribution >= 4 is 22.7 Å². The van der Waals surface area contributed by atoms with Gasteiger partial charge < -0.3 is 9.80 Å². The lowest BCUT2D eigenvalue weighted by molar-refractivity contribution is 0.864. The van der Waals surface area contributed by atoms with Gasteiger partial charge in [0.05, 0.1) is 0 Å². The van der Waals surface area contributed by atoms with E-state index in [1.165, 1.54) is 45.0 Å². The second-order valence-corrected chi connectivity index (χ2v) is 9.20. The number of hydrogen-bond donors (Lipinski definition) is 0. The third-order valence-electron chi connectivity index (χ3n) is 6.86. The highest BCUT2D eigenvalue weighted by molar-refractivity contribution is 5.76. The average Bonchev–Trinajstić information content (AvgIpc) is 2.91. The number of benzene rings is 4. The Morgan fingerprint density at radius 3 is 1.23 bits per heavy atom. The average molecular weight is 463 g/mol. The maximum atomic E-state index is 2.39. The fraction of sp³-hybridized carbons (Fsp3) is 0.273. The Labute approximate surface area is 211 Å². The molecule has 0 aliphatic heterocycles. The maximum absolute atomic E-state index is 2.39. The molecule has 0 aliphatic rings. The Balaban J connectivity index is 1.50. The molecule has 0 fully saturated rings. The van der Waals surface area contributed by atoms with Crippen LogP contribution in [0, 0.1) is 6.92 Å². The largest absolute Gasteiger partial charge is 0.372 e. The lowest BCUT2D eigenvalue weighted by atomic mass is 10.0. The monoisotopic (exact) mass is 462 g/mol. The minimum atomic E-state index is 1.04. The van der Waals surface area contributed by atoms with Crippen molar-refractivity contribution in [3.8, 4) is 0 Å². The summed E-state index contributed by atoms with van der Waals surface area (Å²) in [6, 6.07) is 35.9. The van der Waals surface area contributed by atoms with E-state index in [2.05, 4.69) is 135 Å². The third-order valence-corrected chi connectivity index (χ3v) is 6.86. The van der Waals surface area contributed by atoms with Crippen LogP contribution in [0.15, 0.2) is 97.1 Å². The topological polar surface area (TPSA) is 6.48 Å². The zero-order chi connectivity index (χ0) is 24.6. The predicted molar refractivity (Wildman–Crippen MR) is 153 cm³/mol. The molecule has 0 heterocycles. The molecule has 0 N–H and O–H groups in total. The molecule has 0 unspecified atom stereocenters. The molecule has 35 heavy (non-hydrogen) atoms. The summed E-state index contributed by atoms with van der Waals surface area (Å²) in [5, 5.41) is 0. The van der Waals surface area contributed by atoms with E-state index in [-0.39, 0.29) is 0 Å². The van der Waals surface area contributed by atoms with Crippen LogP contribution in [-0.4, -0.2) is 13.1 Å². The van der Waals surface area contributed by atoms with Crippen molar-refractivity contribution in [2.45, 2.75) is 47.0 Å². The van der Waals surface area contributed by atoms with Gasteiger partial charge in [0.25, 0.3) is 0 Å². The quantitative estimate of drug-likeness (QED) is 0.233. The lowest BCUT2D eigenvalue weighted by Gasteiger charge is -2.26. The molecule has 0 radical (unpaired) electrons. The fourth-order valence-electron chi connectivity index (χ4n) is 4.58. The van der Waals surface area contributed by atoms with E-state index in [9.17, 15) is 0 Å². The van der Waals surface area contributed by atoms with Gasteiger partial charge in [-0.2, -0.15) is 0 Å². The van der Waals surface area contributed by atoms with E-state index in [1.54, 1.807) is 0 Å². The first-order valence-electron chi connectivity index (χ1n) is 13.0. The van der Waals surface area contributed by atoms with Gasteiger partial charge in [-0.1, -0.05) is 61.0 Å². The van der Waals surface area contributed by atoms with Gasteiger partial charge in [0.1, 0.15) is 0 Å². The Hall–Kier alpha value is -3.52. The van der Waals surface area contributed by atoms with Crippen molar-refractivity contribution in [2.24, 2.45) is 0 Å². The molecule has 0 saturated heterocycles. The van der Waals surface area contributed by atoms with Crippen LogP contribution < -0.4 is 9.80 Å². The second-order valence-electron chi connectivity index (χ2n) is 9.20. The number of aryl methyl sites for hydroxylation is 4. The van der Waals surface area contributed by atoms with Crippen LogP contribution in [0.2, 0.25) is 0 Å². The first kappa shape index (κ1) is 24.6. The SMILES string of the molecule is CCc1ccc(N(c2ccc(C)cc2)c2ccc(CCc3ccc(N(CC)CC)cc3)cc2)cc1. The third kappa shape index (κ3) is 6.14. The van der Waals surface area contributed by atoms with Gasteiger partial charge in [0, 0.05) is 35.8 Å². The highest BCUT2D eigenvalue weighted by Gasteiger charge is 2.12. The van der Waals surface area contributed by atoms with E-state index in [0.717, 1.165) is 32.4 Å². The van der Waals surface area contributed by atoms with Crippen molar-refractivity contribution in [3.05, 3.63) is 119 Å². The first-order valence-corrected chi connectivity index (χ1v) is 13.0. The molecule has 0 saturated carbocycles. The number of rotatable bonds is 10. The van der Waals surface area contributed by atoms with Gasteiger partial charge in [0.2, 0.25) is 0 Å². The van der Waals surface area contributed by atoms with Gasteiger partial charge in [-0.3, -0.25) is 0 Å². The highest BCUT2D eigenvalue weighted by atomic mass is 15.1. The normalized spacial score (nSPS) is 10.9. The summed E-state index contributed by atoms with van der Waals surface area (Å²) in [5.41, 5.74) is 10.3. The molecule has 2 heteroatoms. The number of anilines is 4. The zero-order valence-corrected chi connectivity index (χ0v) is 21.7. The summed E-state index contributed by atoms with van der Waals surface area (Å²) in [4.78, 5) is 4.73. The van der Waals surface area contributed by atoms with Crippen molar-refractivity contribution in [2.75, 3.05) is 22.9 Å². The van der Waals surface area contributed by atoms with E-state index < -0.39 is 0 Å². The Bertz CT molecular complexity index is 1170. The predicted octanol–water partition coefficient (Wildman–Crippen LogP) is 8.66. The van der Waals surface area contributed by atoms with Crippen molar-refractivity contribution < 1.29 is 0 Å². The minimum absolute atomic E-state index is 1.04. The van der Waals surface area contributed by atoms with Crippen LogP contribution in [0.5, 0.6) is 0 Å². The Morgan fingerprint density at radius 2 is 0.829 bits per heavy atom. The van der Waals surface area contributed by atoms with Crippen LogP contribution in [0.4, 0.5) is 22.7 Å². The molecule has 4 aromatic rings. The van der Waals surface area contributed by atoms with Gasteiger partial charge in [-0.05, 0) is 105 Å². The van der Waals surface area contributed by atoms with Gasteiger partial charge in [-0.15, -0.1) is 0 Å². The van der Waals surface area contributed by atoms with Gasteiger partial charge in [0.15, 0.2) is 0 Å². The molecule has 0 bridgehead atoms. The molecule has 2 nitrogen and oxygen atoms in total. The molecule has 0 aromatic heterocycles. The molecule has 0 spiro atoms. The summed E-state index contributed by atoms with van der Waals surface area (Å²) in [5.74, 6) is 0. The van der Waals surface area contributed by atoms with E-state index in [4.69, 9.17) is 0 Å². The maximum Gasteiger partial charge on any atom is 0.0461 e. The van der Waals surface area contributed by atoms with Crippen molar-refractivity contribution in [1.29, 1.82) is 0 Å². The summed E-state index contributed by atoms with van der Waals surface area (Å²) < 4.78 is 0. The molecule has 0 atom stereocenters. The van der Waals surface area contributed by atoms with Crippen molar-refractivity contribution in [3.63, 3.8) is 0 Å². The molecule has 0 aliphatic carbocycles. The molecular formula is C33H38N2. The zero-order valence-electron chi connectivity index (χ0n) is 21.7. The van der Waals surface area contributed by atoms with E-state index in [1.807, 2.05) is 0 Å². The van der Waals surface area contributed by atoms with Gasteiger partial charge in [-0.25, -0.2) is 0 Å². The minimum Gasteiger partial charge on any atom is -0.372 e. The van der Waals surface area contributed by atoms with E-state index in [0.29, 0.717) is 0 Å². The fourth-order valence-corrected chi connectivity index (χ4v) is 4.58. The molecular weight excluding hydrogens is 424 g/mol. The molecule has 180 valence electrons. The number of nitrogens with zero attached hydrogens (tertiary/aromatic N) is 2. The summed E-state index contributed by atoms with van der Waals surface area (Å²) in [6.07, 6.45) is 3.15. The second kappa shape index (κ2) is 11.8. The van der Waals surface area contributed by atoms with Crippen LogP contribution in [0.3, 0.4) is 0 Å². The van der Waals surface area contributed by atoms with Crippen LogP contribution in [-0.2, 0) is 19.3 Å².